The average molecular weight is 826 g/mol. The molecule has 5 rings (SSSR count). The maximum atomic E-state index is 13.0. The number of carboxylic acids is 1. The lowest BCUT2D eigenvalue weighted by molar-refractivity contribution is -0.416. The molecule has 0 radical (unpaired) electrons. The fourth-order valence-corrected chi connectivity index (χ4v) is 8.01. The number of rotatable bonds is 14. The molecule has 21 atom stereocenters. The van der Waals surface area contributed by atoms with E-state index in [2.05, 4.69) is 10.6 Å². The van der Waals surface area contributed by atoms with Gasteiger partial charge in [-0.15, -0.1) is 0 Å². The van der Waals surface area contributed by atoms with Gasteiger partial charge in [-0.25, -0.2) is 0 Å². The van der Waals surface area contributed by atoms with E-state index in [1.807, 2.05) is 6.92 Å². The minimum absolute atomic E-state index is 0.245. The van der Waals surface area contributed by atoms with Crippen LogP contribution in [0.4, 0.5) is 0 Å². The van der Waals surface area contributed by atoms with Crippen molar-refractivity contribution in [2.75, 3.05) is 34.0 Å². The molecule has 22 nitrogen and oxygen atoms in total. The van der Waals surface area contributed by atoms with Crippen LogP contribution in [0.3, 0.4) is 0 Å². The molecule has 57 heavy (non-hydrogen) atoms. The summed E-state index contributed by atoms with van der Waals surface area (Å²) in [6.07, 6.45) is -21.0. The molecule has 5 heterocycles. The highest BCUT2D eigenvalue weighted by Gasteiger charge is 2.58. The molecule has 5 aliphatic rings. The van der Waals surface area contributed by atoms with Crippen molar-refractivity contribution in [1.82, 2.24) is 10.6 Å². The highest BCUT2D eigenvalue weighted by Crippen LogP contribution is 2.40. The van der Waals surface area contributed by atoms with Crippen LogP contribution in [0.25, 0.3) is 0 Å². The van der Waals surface area contributed by atoms with Crippen LogP contribution < -0.4 is 15.7 Å². The quantitative estimate of drug-likeness (QED) is 0.0862. The van der Waals surface area contributed by atoms with Gasteiger partial charge in [0.2, 0.25) is 17.6 Å². The summed E-state index contributed by atoms with van der Waals surface area (Å²) in [6, 6.07) is -2.36. The van der Waals surface area contributed by atoms with E-state index < -0.39 is 153 Å². The van der Waals surface area contributed by atoms with Crippen molar-refractivity contribution < 1.29 is 97.1 Å². The van der Waals surface area contributed by atoms with Crippen molar-refractivity contribution in [1.29, 1.82) is 0 Å². The molecule has 0 aromatic rings. The Morgan fingerprint density at radius 2 is 1.39 bits per heavy atom. The number of aliphatic carboxylic acids is 1. The van der Waals surface area contributed by atoms with Crippen LogP contribution in [0.2, 0.25) is 0 Å². The number of nitrogens with one attached hydrogen (secondary N) is 2. The monoisotopic (exact) mass is 825 g/mol. The topological polar surface area (TPSA) is 301 Å². The fraction of sp³-hybridized carbons (Fsp3) is 0.914. The highest BCUT2D eigenvalue weighted by atomic mass is 16.8. The molecule has 0 bridgehead atoms. The molecule has 0 aliphatic carbocycles. The lowest BCUT2D eigenvalue weighted by Crippen LogP contribution is -2.71. The second kappa shape index (κ2) is 19.0. The number of methoxy groups -OCH3 is 2. The van der Waals surface area contributed by atoms with Crippen molar-refractivity contribution in [2.24, 2.45) is 11.8 Å². The first-order valence-electron chi connectivity index (χ1n) is 18.9. The van der Waals surface area contributed by atoms with Gasteiger partial charge in [0, 0.05) is 39.9 Å². The molecule has 5 fully saturated rings. The number of hydrogen-bond donors (Lipinski definition) is 7. The van der Waals surface area contributed by atoms with Crippen molar-refractivity contribution in [3.63, 3.8) is 0 Å². The van der Waals surface area contributed by atoms with Crippen LogP contribution in [0.15, 0.2) is 0 Å². The number of fused-ring (bicyclic) bond motifs is 1. The zero-order chi connectivity index (χ0) is 42.1. The molecule has 5 aliphatic heterocycles. The molecular weight excluding hydrogens is 768 g/mol. The molecule has 0 aromatic carbocycles. The maximum Gasteiger partial charge on any atom is 0.217 e. The van der Waals surface area contributed by atoms with E-state index in [1.165, 1.54) is 28.1 Å². The van der Waals surface area contributed by atoms with Crippen LogP contribution >= 0.6 is 0 Å². The number of carboxylic acid groups (broad SMARTS) is 1. The average Bonchev–Trinajstić information content (AvgIpc) is 3.44. The van der Waals surface area contributed by atoms with E-state index in [4.69, 9.17) is 52.1 Å². The van der Waals surface area contributed by atoms with Gasteiger partial charge in [-0.2, -0.15) is 0 Å². The Hall–Kier alpha value is -2.23. The Kier molecular flexibility index (Phi) is 15.3. The number of ether oxygens (including phenoxy) is 11. The maximum absolute atomic E-state index is 13.0. The van der Waals surface area contributed by atoms with Crippen molar-refractivity contribution in [3.8, 4) is 0 Å². The van der Waals surface area contributed by atoms with Crippen LogP contribution in [0, 0.1) is 11.8 Å². The van der Waals surface area contributed by atoms with Gasteiger partial charge in [0.25, 0.3) is 0 Å². The van der Waals surface area contributed by atoms with Gasteiger partial charge in [-0.3, -0.25) is 9.59 Å². The zero-order valence-corrected chi connectivity index (χ0v) is 33.0. The Morgan fingerprint density at radius 3 is 1.95 bits per heavy atom. The SMILES string of the molecule is COC1C(NC(C)=O)[C@@H](O[C@H]2C(CO)O[C@H](OC3C(C)[C@H](OC)O[C@H]4COC(C)(C(=O)[O-])O[C@H]34)C(NC(C)=O)[C@H]2OC2OC([C@H](O)CO)[C@H](O)[C@@H]2O)O[C@@H](C)[C@@H]1C. The molecule has 22 heteroatoms. The molecule has 0 aromatic heterocycles. The first-order valence-corrected chi connectivity index (χ1v) is 18.9. The van der Waals surface area contributed by atoms with Gasteiger partial charge in [0.05, 0.1) is 38.1 Å². The zero-order valence-electron chi connectivity index (χ0n) is 33.0. The van der Waals surface area contributed by atoms with E-state index in [-0.39, 0.29) is 12.5 Å². The predicted molar refractivity (Wildman–Crippen MR) is 183 cm³/mol. The Balaban J connectivity index is 1.56. The summed E-state index contributed by atoms with van der Waals surface area (Å²) >= 11 is 0. The molecule has 2 amide bonds. The third-order valence-corrected chi connectivity index (χ3v) is 11.2. The number of amides is 2. The van der Waals surface area contributed by atoms with Crippen molar-refractivity contribution in [2.45, 2.75) is 158 Å². The second-order valence-corrected chi connectivity index (χ2v) is 15.2. The molecule has 9 unspecified atom stereocenters. The molecule has 0 spiro atoms. The summed E-state index contributed by atoms with van der Waals surface area (Å²) in [5.41, 5.74) is 0. The first kappa shape index (κ1) is 45.8. The molecular formula is C35H57N2O20-. The molecule has 0 saturated carbocycles. The van der Waals surface area contributed by atoms with Crippen LogP contribution in [-0.4, -0.2) is 194 Å². The lowest BCUT2D eigenvalue weighted by Gasteiger charge is -2.53. The van der Waals surface area contributed by atoms with Gasteiger partial charge in [0.1, 0.15) is 73.0 Å². The fourth-order valence-electron chi connectivity index (χ4n) is 8.01. The minimum atomic E-state index is -2.21. The number of hydrogen-bond acceptors (Lipinski definition) is 20. The summed E-state index contributed by atoms with van der Waals surface area (Å²) in [5, 5.41) is 70.3. The van der Waals surface area contributed by atoms with Crippen LogP contribution in [-0.2, 0) is 66.5 Å². The van der Waals surface area contributed by atoms with E-state index in [0.29, 0.717) is 0 Å². The first-order chi connectivity index (χ1) is 26.9. The summed E-state index contributed by atoms with van der Waals surface area (Å²) in [5.74, 6) is -5.90. The second-order valence-electron chi connectivity index (χ2n) is 15.2. The summed E-state index contributed by atoms with van der Waals surface area (Å²) in [7, 11) is 2.85. The number of aliphatic hydroxyl groups excluding tert-OH is 5. The summed E-state index contributed by atoms with van der Waals surface area (Å²) < 4.78 is 66.5. The van der Waals surface area contributed by atoms with Gasteiger partial charge in [-0.1, -0.05) is 13.8 Å². The molecule has 7 N–H and O–H groups in total. The van der Waals surface area contributed by atoms with Gasteiger partial charge in [0.15, 0.2) is 25.2 Å². The largest absolute Gasteiger partial charge is 0.544 e. The van der Waals surface area contributed by atoms with Crippen LogP contribution in [0.5, 0.6) is 0 Å². The standard InChI is InChI=1S/C35H58N2O20/c1-12-14(3)50-31(20(24(12)47-7)36-15(4)40)55-27-18(10-39)51-32(21(37-16(5)41)29(27)56-33-23(44)22(43)26(54-33)17(42)9-38)53-25-13(2)30(48-8)52-19-11-49-35(6,34(45)46)57-28(19)25/h12-14,17-33,38-39,42-44H,9-11H2,1-8H3,(H,36,40)(H,37,41)(H,45,46)/p-1/t12-,13?,14-,17+,18?,19-,20?,21?,22+,23-,24?,25?,26?,27-,28-,29+,30+,31+,32+,33?,35?/m0/s1. The lowest BCUT2D eigenvalue weighted by atomic mass is 9.89. The Labute approximate surface area is 329 Å². The van der Waals surface area contributed by atoms with Gasteiger partial charge < -0.3 is 98.2 Å². The smallest absolute Gasteiger partial charge is 0.217 e. The molecule has 5 saturated heterocycles. The third kappa shape index (κ3) is 9.56. The van der Waals surface area contributed by atoms with E-state index >= 15 is 0 Å². The van der Waals surface area contributed by atoms with Crippen molar-refractivity contribution in [3.05, 3.63) is 0 Å². The van der Waals surface area contributed by atoms with Gasteiger partial charge in [-0.05, 0) is 13.8 Å². The Bertz CT molecular complexity index is 1380. The predicted octanol–water partition coefficient (Wildman–Crippen LogP) is -5.05. The third-order valence-electron chi connectivity index (χ3n) is 11.2. The number of carbonyl (C=O) groups excluding carboxylic acids is 3. The number of aliphatic hydroxyl groups is 5. The number of carbonyl (C=O) groups is 3. The van der Waals surface area contributed by atoms with E-state index in [9.17, 15) is 45.0 Å². The van der Waals surface area contributed by atoms with Gasteiger partial charge >= 0.3 is 0 Å². The minimum Gasteiger partial charge on any atom is -0.544 e. The highest BCUT2D eigenvalue weighted by molar-refractivity contribution is 5.74. The summed E-state index contributed by atoms with van der Waals surface area (Å²) in [6.45, 7) is 7.07. The van der Waals surface area contributed by atoms with Crippen LogP contribution in [0.1, 0.15) is 41.5 Å². The van der Waals surface area contributed by atoms with E-state index in [0.717, 1.165) is 6.92 Å². The molecule has 328 valence electrons. The van der Waals surface area contributed by atoms with E-state index in [1.54, 1.807) is 13.8 Å². The summed E-state index contributed by atoms with van der Waals surface area (Å²) in [4.78, 5) is 37.5. The Morgan fingerprint density at radius 1 is 0.789 bits per heavy atom. The normalized spacial score (nSPS) is 46.8. The van der Waals surface area contributed by atoms with Crippen molar-refractivity contribution >= 4 is 17.8 Å².